The lowest BCUT2D eigenvalue weighted by molar-refractivity contribution is -0.114. The molecule has 0 saturated carbocycles. The highest BCUT2D eigenvalue weighted by Gasteiger charge is 2.13. The fraction of sp³-hybridized carbons (Fsp3) is 0.125. The van der Waals surface area contributed by atoms with Gasteiger partial charge >= 0.3 is 0 Å². The van der Waals surface area contributed by atoms with E-state index in [1.54, 1.807) is 0 Å². The van der Waals surface area contributed by atoms with Crippen LogP contribution in [0.2, 0.25) is 5.02 Å². The van der Waals surface area contributed by atoms with Crippen molar-refractivity contribution in [3.8, 4) is 0 Å². The average molecular weight is 252 g/mol. The Morgan fingerprint density at radius 2 is 2.20 bits per heavy atom. The Morgan fingerprint density at radius 1 is 1.60 bits per heavy atom. The molecule has 0 aromatic heterocycles. The standard InChI is InChI=1S/C8H7ClFNO3S/c1-4(12)11-7-3-6(10)8(15(13)14)2-5(7)9/h2-3H,1H3,(H,11,12)(H,13,14). The van der Waals surface area contributed by atoms with E-state index in [4.69, 9.17) is 16.2 Å². The van der Waals surface area contributed by atoms with Gasteiger partial charge in [0.2, 0.25) is 5.91 Å². The molecular formula is C8H7ClFNO3S. The number of amides is 1. The minimum atomic E-state index is -2.44. The SMILES string of the molecule is CC(=O)Nc1cc(F)c(S(=O)O)cc1Cl. The van der Waals surface area contributed by atoms with Crippen molar-refractivity contribution in [3.05, 3.63) is 23.0 Å². The molecule has 0 aliphatic rings. The fourth-order valence-electron chi connectivity index (χ4n) is 0.948. The third-order valence-corrected chi connectivity index (χ3v) is 2.52. The summed E-state index contributed by atoms with van der Waals surface area (Å²) in [6.07, 6.45) is 0. The van der Waals surface area contributed by atoms with Gasteiger partial charge in [-0.25, -0.2) is 8.60 Å². The number of hydrogen-bond acceptors (Lipinski definition) is 2. The molecule has 2 N–H and O–H groups in total. The van der Waals surface area contributed by atoms with E-state index in [0.29, 0.717) is 0 Å². The van der Waals surface area contributed by atoms with Crippen LogP contribution >= 0.6 is 11.6 Å². The molecule has 0 bridgehead atoms. The zero-order valence-electron chi connectivity index (χ0n) is 7.58. The van der Waals surface area contributed by atoms with Gasteiger partial charge in [0, 0.05) is 13.0 Å². The lowest BCUT2D eigenvalue weighted by Gasteiger charge is -2.06. The van der Waals surface area contributed by atoms with Gasteiger partial charge in [0.1, 0.15) is 10.7 Å². The molecule has 7 heteroatoms. The third kappa shape index (κ3) is 2.98. The summed E-state index contributed by atoms with van der Waals surface area (Å²) >= 11 is 3.22. The van der Waals surface area contributed by atoms with Gasteiger partial charge in [-0.05, 0) is 6.07 Å². The Bertz CT molecular complexity index is 438. The van der Waals surface area contributed by atoms with E-state index in [1.165, 1.54) is 6.92 Å². The first-order valence-corrected chi connectivity index (χ1v) is 5.27. The highest BCUT2D eigenvalue weighted by atomic mass is 35.5. The molecule has 1 aromatic carbocycles. The van der Waals surface area contributed by atoms with Crippen molar-refractivity contribution in [1.82, 2.24) is 0 Å². The van der Waals surface area contributed by atoms with Crippen molar-refractivity contribution in [2.75, 3.05) is 5.32 Å². The average Bonchev–Trinajstić information content (AvgIpc) is 2.09. The van der Waals surface area contributed by atoms with E-state index in [9.17, 15) is 13.4 Å². The molecular weight excluding hydrogens is 245 g/mol. The van der Waals surface area contributed by atoms with Crippen LogP contribution in [0.3, 0.4) is 0 Å². The summed E-state index contributed by atoms with van der Waals surface area (Å²) in [5.74, 6) is -1.31. The van der Waals surface area contributed by atoms with Crippen LogP contribution < -0.4 is 5.32 Å². The molecule has 15 heavy (non-hydrogen) atoms. The highest BCUT2D eigenvalue weighted by Crippen LogP contribution is 2.26. The van der Waals surface area contributed by atoms with Crippen molar-refractivity contribution >= 4 is 34.3 Å². The maximum absolute atomic E-state index is 13.2. The Morgan fingerprint density at radius 3 is 2.67 bits per heavy atom. The van der Waals surface area contributed by atoms with Crippen molar-refractivity contribution in [2.24, 2.45) is 0 Å². The molecule has 0 aliphatic heterocycles. The van der Waals surface area contributed by atoms with Crippen LogP contribution in [0.15, 0.2) is 17.0 Å². The Hall–Kier alpha value is -0.980. The van der Waals surface area contributed by atoms with Gasteiger partial charge in [-0.1, -0.05) is 11.6 Å². The molecule has 0 saturated heterocycles. The van der Waals surface area contributed by atoms with Crippen molar-refractivity contribution in [1.29, 1.82) is 0 Å². The number of carbonyl (C=O) groups is 1. The summed E-state index contributed by atoms with van der Waals surface area (Å²) in [7, 11) is 0. The van der Waals surface area contributed by atoms with Crippen LogP contribution in [0.25, 0.3) is 0 Å². The number of halogens is 2. The number of anilines is 1. The molecule has 82 valence electrons. The fourth-order valence-corrected chi connectivity index (χ4v) is 1.67. The Balaban J connectivity index is 3.19. The minimum absolute atomic E-state index is 0.00370. The van der Waals surface area contributed by atoms with E-state index >= 15 is 0 Å². The summed E-state index contributed by atoms with van der Waals surface area (Å²) in [5, 5.41) is 2.29. The van der Waals surface area contributed by atoms with Gasteiger partial charge in [-0.2, -0.15) is 0 Å². The first-order chi connectivity index (χ1) is 6.91. The number of benzene rings is 1. The van der Waals surface area contributed by atoms with Gasteiger partial charge in [0.15, 0.2) is 11.1 Å². The summed E-state index contributed by atoms with van der Waals surface area (Å²) in [6.45, 7) is 1.24. The molecule has 0 radical (unpaired) electrons. The lowest BCUT2D eigenvalue weighted by atomic mass is 10.3. The second-order valence-electron chi connectivity index (χ2n) is 2.69. The lowest BCUT2D eigenvalue weighted by Crippen LogP contribution is -2.07. The summed E-state index contributed by atoms with van der Waals surface area (Å²) < 4.78 is 32.5. The molecule has 1 aromatic rings. The van der Waals surface area contributed by atoms with E-state index in [0.717, 1.165) is 12.1 Å². The molecule has 4 nitrogen and oxygen atoms in total. The first-order valence-electron chi connectivity index (χ1n) is 3.79. The van der Waals surface area contributed by atoms with Crippen molar-refractivity contribution < 1.29 is 17.9 Å². The van der Waals surface area contributed by atoms with Crippen LogP contribution in [0, 0.1) is 5.82 Å². The smallest absolute Gasteiger partial charge is 0.221 e. The first kappa shape index (κ1) is 12.1. The largest absolute Gasteiger partial charge is 0.325 e. The van der Waals surface area contributed by atoms with Crippen molar-refractivity contribution in [2.45, 2.75) is 11.8 Å². The van der Waals surface area contributed by atoms with E-state index in [1.807, 2.05) is 0 Å². The van der Waals surface area contributed by atoms with Gasteiger partial charge in [0.25, 0.3) is 0 Å². The third-order valence-electron chi connectivity index (χ3n) is 1.52. The van der Waals surface area contributed by atoms with Gasteiger partial charge in [0.05, 0.1) is 10.7 Å². The van der Waals surface area contributed by atoms with Crippen LogP contribution in [0.1, 0.15) is 6.92 Å². The topological polar surface area (TPSA) is 66.4 Å². The zero-order chi connectivity index (χ0) is 11.6. The van der Waals surface area contributed by atoms with Gasteiger partial charge < -0.3 is 9.87 Å². The molecule has 0 aliphatic carbocycles. The van der Waals surface area contributed by atoms with Crippen LogP contribution in [-0.2, 0) is 15.9 Å². The quantitative estimate of drug-likeness (QED) is 0.791. The number of rotatable bonds is 2. The predicted molar refractivity (Wildman–Crippen MR) is 54.8 cm³/mol. The Kier molecular flexibility index (Phi) is 3.78. The molecule has 1 amide bonds. The predicted octanol–water partition coefficient (Wildman–Crippen LogP) is 2.02. The number of carbonyl (C=O) groups excluding carboxylic acids is 1. The molecule has 1 unspecified atom stereocenters. The Labute approximate surface area is 92.7 Å². The summed E-state index contributed by atoms with van der Waals surface area (Å²) in [5.41, 5.74) is 0.0656. The second-order valence-corrected chi connectivity index (χ2v) is 4.04. The normalized spacial score (nSPS) is 12.3. The number of hydrogen-bond donors (Lipinski definition) is 2. The maximum atomic E-state index is 13.2. The van der Waals surface area contributed by atoms with Crippen LogP contribution in [0.5, 0.6) is 0 Å². The zero-order valence-corrected chi connectivity index (χ0v) is 9.16. The molecule has 0 spiro atoms. The van der Waals surface area contributed by atoms with Crippen molar-refractivity contribution in [3.63, 3.8) is 0 Å². The van der Waals surface area contributed by atoms with Crippen LogP contribution in [-0.4, -0.2) is 14.7 Å². The highest BCUT2D eigenvalue weighted by molar-refractivity contribution is 7.79. The van der Waals surface area contributed by atoms with E-state index in [2.05, 4.69) is 5.32 Å². The summed E-state index contributed by atoms with van der Waals surface area (Å²) in [6, 6.07) is 1.89. The molecule has 0 heterocycles. The monoisotopic (exact) mass is 251 g/mol. The van der Waals surface area contributed by atoms with Gasteiger partial charge in [-0.3, -0.25) is 4.79 Å². The van der Waals surface area contributed by atoms with E-state index in [-0.39, 0.29) is 10.7 Å². The number of nitrogens with one attached hydrogen (secondary N) is 1. The molecule has 1 rings (SSSR count). The van der Waals surface area contributed by atoms with E-state index < -0.39 is 27.7 Å². The molecule has 0 fully saturated rings. The summed E-state index contributed by atoms with van der Waals surface area (Å²) in [4.78, 5) is 10.3. The second kappa shape index (κ2) is 4.69. The van der Waals surface area contributed by atoms with Crippen LogP contribution in [0.4, 0.5) is 10.1 Å². The molecule has 1 atom stereocenters. The maximum Gasteiger partial charge on any atom is 0.221 e. The minimum Gasteiger partial charge on any atom is -0.325 e. The van der Waals surface area contributed by atoms with Gasteiger partial charge in [-0.15, -0.1) is 0 Å².